The zero-order chi connectivity index (χ0) is 51.4. The van der Waals surface area contributed by atoms with Crippen molar-refractivity contribution < 1.29 is 28.6 Å². The van der Waals surface area contributed by atoms with Crippen molar-refractivity contribution in [1.29, 1.82) is 0 Å². The molecular weight excluding hydrogens is 877 g/mol. The number of hydrogen-bond donors (Lipinski definition) is 0. The van der Waals surface area contributed by atoms with E-state index in [0.717, 1.165) is 89.9 Å². The van der Waals surface area contributed by atoms with Crippen molar-refractivity contribution in [3.05, 3.63) is 48.6 Å². The van der Waals surface area contributed by atoms with Crippen LogP contribution in [0.3, 0.4) is 0 Å². The zero-order valence-corrected chi connectivity index (χ0v) is 47.5. The van der Waals surface area contributed by atoms with Crippen LogP contribution in [0.1, 0.15) is 329 Å². The molecule has 0 aromatic rings. The Morgan fingerprint density at radius 3 is 0.873 bits per heavy atom. The van der Waals surface area contributed by atoms with Gasteiger partial charge in [0.15, 0.2) is 6.10 Å². The van der Waals surface area contributed by atoms with Crippen molar-refractivity contribution >= 4 is 17.9 Å². The van der Waals surface area contributed by atoms with Crippen LogP contribution in [0.15, 0.2) is 48.6 Å². The molecule has 0 saturated carbocycles. The van der Waals surface area contributed by atoms with E-state index in [-0.39, 0.29) is 31.1 Å². The van der Waals surface area contributed by atoms with E-state index >= 15 is 0 Å². The molecule has 6 nitrogen and oxygen atoms in total. The molecule has 0 aromatic heterocycles. The second-order valence-corrected chi connectivity index (χ2v) is 20.9. The van der Waals surface area contributed by atoms with Gasteiger partial charge in [0.2, 0.25) is 0 Å². The number of allylic oxidation sites excluding steroid dienone is 8. The molecule has 0 fully saturated rings. The van der Waals surface area contributed by atoms with Gasteiger partial charge < -0.3 is 14.2 Å². The highest BCUT2D eigenvalue weighted by molar-refractivity contribution is 5.71. The lowest BCUT2D eigenvalue weighted by Crippen LogP contribution is -2.30. The van der Waals surface area contributed by atoms with Crippen LogP contribution < -0.4 is 0 Å². The SMILES string of the molecule is CC/C=C\C/C=C\C/C=C\CCCCCCCCCC(=O)OC(COC(=O)CCCCCCC/C=C\CCCCCCC)COC(=O)CCCCCCCCCCCCCCCCCCCCCCCC. The summed E-state index contributed by atoms with van der Waals surface area (Å²) >= 11 is 0. The normalized spacial score (nSPS) is 12.3. The molecule has 6 heteroatoms. The topological polar surface area (TPSA) is 78.9 Å². The summed E-state index contributed by atoms with van der Waals surface area (Å²) in [4.78, 5) is 38.2. The Morgan fingerprint density at radius 1 is 0.296 bits per heavy atom. The molecule has 0 heterocycles. The fourth-order valence-electron chi connectivity index (χ4n) is 9.16. The lowest BCUT2D eigenvalue weighted by molar-refractivity contribution is -0.167. The van der Waals surface area contributed by atoms with E-state index in [4.69, 9.17) is 14.2 Å². The van der Waals surface area contributed by atoms with E-state index in [1.165, 1.54) is 199 Å². The highest BCUT2D eigenvalue weighted by atomic mass is 16.6. The Bertz CT molecular complexity index is 1230. The van der Waals surface area contributed by atoms with Gasteiger partial charge in [-0.2, -0.15) is 0 Å². The van der Waals surface area contributed by atoms with Gasteiger partial charge in [0, 0.05) is 19.3 Å². The van der Waals surface area contributed by atoms with Gasteiger partial charge in [-0.05, 0) is 77.0 Å². The predicted octanol–water partition coefficient (Wildman–Crippen LogP) is 21.0. The average Bonchev–Trinajstić information content (AvgIpc) is 3.37. The van der Waals surface area contributed by atoms with Gasteiger partial charge in [0.05, 0.1) is 0 Å². The molecule has 0 aliphatic carbocycles. The minimum atomic E-state index is -0.780. The summed E-state index contributed by atoms with van der Waals surface area (Å²) in [6.07, 6.45) is 74.0. The van der Waals surface area contributed by atoms with Gasteiger partial charge in [-0.3, -0.25) is 14.4 Å². The highest BCUT2D eigenvalue weighted by Crippen LogP contribution is 2.17. The third-order valence-corrected chi connectivity index (χ3v) is 13.8. The minimum Gasteiger partial charge on any atom is -0.462 e. The number of carbonyl (C=O) groups excluding carboxylic acids is 3. The van der Waals surface area contributed by atoms with Gasteiger partial charge >= 0.3 is 17.9 Å². The molecule has 71 heavy (non-hydrogen) atoms. The van der Waals surface area contributed by atoms with Gasteiger partial charge in [-0.1, -0.05) is 281 Å². The smallest absolute Gasteiger partial charge is 0.306 e. The first-order valence-electron chi connectivity index (χ1n) is 31.1. The summed E-state index contributed by atoms with van der Waals surface area (Å²) in [5, 5.41) is 0. The first-order chi connectivity index (χ1) is 35.0. The number of unbranched alkanes of at least 4 members (excludes halogenated alkanes) is 38. The monoisotopic (exact) mass is 995 g/mol. The number of rotatable bonds is 57. The lowest BCUT2D eigenvalue weighted by atomic mass is 10.0. The van der Waals surface area contributed by atoms with Crippen LogP contribution in [-0.4, -0.2) is 37.2 Å². The maximum Gasteiger partial charge on any atom is 0.306 e. The number of carbonyl (C=O) groups is 3. The Hall–Kier alpha value is -2.63. The molecule has 0 aliphatic heterocycles. The Balaban J connectivity index is 4.30. The van der Waals surface area contributed by atoms with Crippen LogP contribution in [0.5, 0.6) is 0 Å². The third-order valence-electron chi connectivity index (χ3n) is 13.8. The van der Waals surface area contributed by atoms with E-state index in [9.17, 15) is 14.4 Å². The molecule has 0 rings (SSSR count). The van der Waals surface area contributed by atoms with Crippen molar-refractivity contribution in [3.63, 3.8) is 0 Å². The van der Waals surface area contributed by atoms with Crippen molar-refractivity contribution in [1.82, 2.24) is 0 Å². The van der Waals surface area contributed by atoms with Crippen LogP contribution >= 0.6 is 0 Å². The molecule has 414 valence electrons. The van der Waals surface area contributed by atoms with E-state index < -0.39 is 6.10 Å². The third kappa shape index (κ3) is 58.1. The molecule has 0 bridgehead atoms. The average molecular weight is 996 g/mol. The summed E-state index contributed by atoms with van der Waals surface area (Å²) in [7, 11) is 0. The second-order valence-electron chi connectivity index (χ2n) is 20.9. The molecule has 1 atom stereocenters. The summed E-state index contributed by atoms with van der Waals surface area (Å²) in [6, 6.07) is 0. The summed E-state index contributed by atoms with van der Waals surface area (Å²) in [5.74, 6) is -0.876. The van der Waals surface area contributed by atoms with Crippen LogP contribution in [0.4, 0.5) is 0 Å². The Morgan fingerprint density at radius 2 is 0.549 bits per heavy atom. The molecule has 0 aliphatic rings. The number of hydrogen-bond acceptors (Lipinski definition) is 6. The summed E-state index contributed by atoms with van der Waals surface area (Å²) in [5.41, 5.74) is 0. The molecule has 0 spiro atoms. The zero-order valence-electron chi connectivity index (χ0n) is 47.5. The first-order valence-corrected chi connectivity index (χ1v) is 31.1. The van der Waals surface area contributed by atoms with E-state index in [1.807, 2.05) is 0 Å². The van der Waals surface area contributed by atoms with Gasteiger partial charge in [-0.25, -0.2) is 0 Å². The van der Waals surface area contributed by atoms with E-state index in [0.29, 0.717) is 19.3 Å². The van der Waals surface area contributed by atoms with Crippen molar-refractivity contribution in [2.24, 2.45) is 0 Å². The van der Waals surface area contributed by atoms with Crippen molar-refractivity contribution in [3.8, 4) is 0 Å². The summed E-state index contributed by atoms with van der Waals surface area (Å²) < 4.78 is 16.9. The molecule has 0 radical (unpaired) electrons. The molecule has 0 aromatic carbocycles. The number of esters is 3. The van der Waals surface area contributed by atoms with Crippen LogP contribution in [0.25, 0.3) is 0 Å². The fourth-order valence-corrected chi connectivity index (χ4v) is 9.16. The molecule has 0 N–H and O–H groups in total. The second kappa shape index (κ2) is 59.9. The Labute approximate surface area is 441 Å². The quantitative estimate of drug-likeness (QED) is 0.0261. The van der Waals surface area contributed by atoms with Crippen LogP contribution in [-0.2, 0) is 28.6 Å². The Kier molecular flexibility index (Phi) is 57.7. The predicted molar refractivity (Wildman–Crippen MR) is 307 cm³/mol. The van der Waals surface area contributed by atoms with Gasteiger partial charge in [0.25, 0.3) is 0 Å². The lowest BCUT2D eigenvalue weighted by Gasteiger charge is -2.18. The molecule has 0 amide bonds. The number of ether oxygens (including phenoxy) is 3. The van der Waals surface area contributed by atoms with Crippen LogP contribution in [0.2, 0.25) is 0 Å². The molecule has 1 unspecified atom stereocenters. The fraction of sp³-hybridized carbons (Fsp3) is 0.831. The minimum absolute atomic E-state index is 0.0764. The maximum atomic E-state index is 12.9. The highest BCUT2D eigenvalue weighted by Gasteiger charge is 2.19. The van der Waals surface area contributed by atoms with E-state index in [2.05, 4.69) is 69.4 Å². The van der Waals surface area contributed by atoms with E-state index in [1.54, 1.807) is 0 Å². The van der Waals surface area contributed by atoms with Gasteiger partial charge in [-0.15, -0.1) is 0 Å². The largest absolute Gasteiger partial charge is 0.462 e. The molecular formula is C65H118O6. The standard InChI is InChI=1S/C65H118O6/c1-4-7-10-13-16-19-22-25-28-30-31-32-33-34-36-37-40-43-46-49-52-55-58-64(67)70-61-62(60-69-63(66)57-54-51-48-45-42-39-27-24-21-18-15-12-9-6-3)71-65(68)59-56-53-50-47-44-41-38-35-29-26-23-20-17-14-11-8-5-2/h8,11,17,20,24,26-27,29,62H,4-7,9-10,12-16,18-19,21-23,25,28,30-61H2,1-3H3/b11-8-,20-17-,27-24-,29-26-. The van der Waals surface area contributed by atoms with Gasteiger partial charge in [0.1, 0.15) is 13.2 Å². The first kappa shape index (κ1) is 68.4. The summed E-state index contributed by atoms with van der Waals surface area (Å²) in [6.45, 7) is 6.56. The maximum absolute atomic E-state index is 12.9. The van der Waals surface area contributed by atoms with Crippen LogP contribution in [0, 0.1) is 0 Å². The van der Waals surface area contributed by atoms with Crippen molar-refractivity contribution in [2.45, 2.75) is 335 Å². The molecule has 0 saturated heterocycles. The van der Waals surface area contributed by atoms with Crippen molar-refractivity contribution in [2.75, 3.05) is 13.2 Å².